The fraction of sp³-hybridized carbons (Fsp3) is 0.400. The molecule has 6 heteroatoms. The molecule has 1 aromatic carbocycles. The van der Waals surface area contributed by atoms with E-state index in [1.54, 1.807) is 6.92 Å². The third-order valence-electron chi connectivity index (χ3n) is 4.42. The van der Waals surface area contributed by atoms with Crippen molar-refractivity contribution in [3.8, 4) is 17.4 Å². The number of likely N-dealkylation sites (N-methyl/N-ethyl adjacent to an activating group) is 1. The van der Waals surface area contributed by atoms with Gasteiger partial charge in [-0.3, -0.25) is 9.69 Å². The van der Waals surface area contributed by atoms with Crippen molar-refractivity contribution in [2.75, 3.05) is 13.6 Å². The number of benzene rings is 1. The molecular formula is C20H24BrN3O2. The molecule has 1 aromatic heterocycles. The van der Waals surface area contributed by atoms with Gasteiger partial charge in [-0.15, -0.1) is 0 Å². The van der Waals surface area contributed by atoms with Gasteiger partial charge in [-0.05, 0) is 44.2 Å². The lowest BCUT2D eigenvalue weighted by molar-refractivity contribution is -0.123. The van der Waals surface area contributed by atoms with Gasteiger partial charge in [0.05, 0.1) is 19.2 Å². The highest BCUT2D eigenvalue weighted by molar-refractivity contribution is 9.10. The molecule has 0 bridgehead atoms. The van der Waals surface area contributed by atoms with Crippen LogP contribution in [0.15, 0.2) is 45.3 Å². The molecule has 1 N–H and O–H groups in total. The first-order valence-corrected chi connectivity index (χ1v) is 9.28. The Morgan fingerprint density at radius 1 is 1.31 bits per heavy atom. The summed E-state index contributed by atoms with van der Waals surface area (Å²) < 4.78 is 6.90. The van der Waals surface area contributed by atoms with Crippen LogP contribution in [0.25, 0.3) is 11.3 Å². The van der Waals surface area contributed by atoms with Crippen LogP contribution in [0.2, 0.25) is 0 Å². The van der Waals surface area contributed by atoms with Gasteiger partial charge in [0.2, 0.25) is 5.91 Å². The maximum absolute atomic E-state index is 12.2. The smallest absolute Gasteiger partial charge is 0.235 e. The number of nitrogens with zero attached hydrogens (tertiary/aromatic N) is 2. The number of carbonyl (C=O) groups excluding carboxylic acids is 1. The Labute approximate surface area is 163 Å². The van der Waals surface area contributed by atoms with Gasteiger partial charge in [-0.25, -0.2) is 0 Å². The highest BCUT2D eigenvalue weighted by atomic mass is 79.9. The maximum Gasteiger partial charge on any atom is 0.235 e. The van der Waals surface area contributed by atoms with Gasteiger partial charge in [0.1, 0.15) is 17.1 Å². The van der Waals surface area contributed by atoms with E-state index in [1.165, 1.54) is 0 Å². The SMILES string of the molecule is CC(C)[C@](C)(C#N)NC(=O)CN(C)Cc1ccc(-c2ccc(Br)cc2)o1. The zero-order valence-corrected chi connectivity index (χ0v) is 17.1. The third kappa shape index (κ3) is 5.20. The van der Waals surface area contributed by atoms with Gasteiger partial charge in [-0.1, -0.05) is 41.9 Å². The molecule has 5 nitrogen and oxygen atoms in total. The molecule has 0 aliphatic heterocycles. The summed E-state index contributed by atoms with van der Waals surface area (Å²) in [5.74, 6) is 1.43. The normalized spacial score (nSPS) is 13.5. The third-order valence-corrected chi connectivity index (χ3v) is 4.94. The molecule has 0 aliphatic rings. The van der Waals surface area contributed by atoms with E-state index in [4.69, 9.17) is 4.42 Å². The number of hydrogen-bond acceptors (Lipinski definition) is 4. The van der Waals surface area contributed by atoms with Crippen LogP contribution in [0.5, 0.6) is 0 Å². The van der Waals surface area contributed by atoms with E-state index in [2.05, 4.69) is 27.3 Å². The molecule has 0 unspecified atom stereocenters. The predicted octanol–water partition coefficient (Wildman–Crippen LogP) is 4.20. The first-order valence-electron chi connectivity index (χ1n) is 8.49. The number of furan rings is 1. The van der Waals surface area contributed by atoms with Gasteiger partial charge in [0.15, 0.2) is 0 Å². The van der Waals surface area contributed by atoms with E-state index in [9.17, 15) is 10.1 Å². The van der Waals surface area contributed by atoms with Crippen molar-refractivity contribution in [3.63, 3.8) is 0 Å². The van der Waals surface area contributed by atoms with E-state index in [-0.39, 0.29) is 18.4 Å². The number of nitrogens with one attached hydrogen (secondary N) is 1. The molecule has 1 atom stereocenters. The summed E-state index contributed by atoms with van der Waals surface area (Å²) in [6.07, 6.45) is 0. The van der Waals surface area contributed by atoms with E-state index < -0.39 is 5.54 Å². The zero-order chi connectivity index (χ0) is 19.3. The second-order valence-electron chi connectivity index (χ2n) is 6.96. The molecule has 0 saturated heterocycles. The van der Waals surface area contributed by atoms with Crippen LogP contribution in [0.3, 0.4) is 0 Å². The largest absolute Gasteiger partial charge is 0.460 e. The standard InChI is InChI=1S/C20H24BrN3O2/c1-14(2)20(3,13-22)23-19(25)12-24(4)11-17-9-10-18(26-17)15-5-7-16(21)8-6-15/h5-10,14H,11-12H2,1-4H3,(H,23,25)/t20-/m0/s1. The van der Waals surface area contributed by atoms with Gasteiger partial charge >= 0.3 is 0 Å². The van der Waals surface area contributed by atoms with Crippen LogP contribution >= 0.6 is 15.9 Å². The first kappa shape index (κ1) is 20.2. The summed E-state index contributed by atoms with van der Waals surface area (Å²) in [5.41, 5.74) is 0.138. The van der Waals surface area contributed by atoms with Crippen LogP contribution < -0.4 is 5.32 Å². The minimum absolute atomic E-state index is 0.0281. The fourth-order valence-corrected chi connectivity index (χ4v) is 2.69. The monoisotopic (exact) mass is 417 g/mol. The molecular weight excluding hydrogens is 394 g/mol. The van der Waals surface area contributed by atoms with Crippen LogP contribution in [0.1, 0.15) is 26.5 Å². The lowest BCUT2D eigenvalue weighted by Gasteiger charge is -2.28. The average molecular weight is 418 g/mol. The fourth-order valence-electron chi connectivity index (χ4n) is 2.43. The Hall–Kier alpha value is -2.10. The highest BCUT2D eigenvalue weighted by Crippen LogP contribution is 2.24. The zero-order valence-electron chi connectivity index (χ0n) is 15.5. The number of nitriles is 1. The quantitative estimate of drug-likeness (QED) is 0.732. The van der Waals surface area contributed by atoms with E-state index in [1.807, 2.05) is 62.2 Å². The van der Waals surface area contributed by atoms with E-state index in [0.717, 1.165) is 21.6 Å². The summed E-state index contributed by atoms with van der Waals surface area (Å²) >= 11 is 3.42. The van der Waals surface area contributed by atoms with Gasteiger partial charge in [0, 0.05) is 10.0 Å². The predicted molar refractivity (Wildman–Crippen MR) is 105 cm³/mol. The second-order valence-corrected chi connectivity index (χ2v) is 7.88. The lowest BCUT2D eigenvalue weighted by Crippen LogP contribution is -2.51. The Balaban J connectivity index is 1.94. The number of halogens is 1. The molecule has 0 radical (unpaired) electrons. The Morgan fingerprint density at radius 2 is 1.96 bits per heavy atom. The minimum Gasteiger partial charge on any atom is -0.460 e. The molecule has 0 spiro atoms. The molecule has 2 aromatic rings. The summed E-state index contributed by atoms with van der Waals surface area (Å²) in [4.78, 5) is 14.1. The number of rotatable bonds is 7. The molecule has 2 rings (SSSR count). The summed E-state index contributed by atoms with van der Waals surface area (Å²) in [6, 6.07) is 13.9. The van der Waals surface area contributed by atoms with Crippen molar-refractivity contribution in [2.45, 2.75) is 32.9 Å². The van der Waals surface area contributed by atoms with Crippen LogP contribution in [-0.2, 0) is 11.3 Å². The number of amides is 1. The number of hydrogen-bond donors (Lipinski definition) is 1. The summed E-state index contributed by atoms with van der Waals surface area (Å²) in [5, 5.41) is 12.1. The molecule has 1 heterocycles. The topological polar surface area (TPSA) is 69.3 Å². The van der Waals surface area contributed by atoms with Crippen molar-refractivity contribution < 1.29 is 9.21 Å². The van der Waals surface area contributed by atoms with E-state index >= 15 is 0 Å². The minimum atomic E-state index is -0.864. The summed E-state index contributed by atoms with van der Waals surface area (Å²) in [6.45, 7) is 6.28. The molecule has 1 amide bonds. The lowest BCUT2D eigenvalue weighted by atomic mass is 9.90. The van der Waals surface area contributed by atoms with E-state index in [0.29, 0.717) is 6.54 Å². The van der Waals surface area contributed by atoms with Crippen molar-refractivity contribution in [1.29, 1.82) is 5.26 Å². The molecule has 0 aliphatic carbocycles. The van der Waals surface area contributed by atoms with Crippen molar-refractivity contribution in [2.24, 2.45) is 5.92 Å². The van der Waals surface area contributed by atoms with Gasteiger partial charge in [0.25, 0.3) is 0 Å². The van der Waals surface area contributed by atoms with Crippen molar-refractivity contribution in [3.05, 3.63) is 46.6 Å². The number of carbonyl (C=O) groups is 1. The molecule has 138 valence electrons. The van der Waals surface area contributed by atoms with Crippen LogP contribution in [0, 0.1) is 17.2 Å². The van der Waals surface area contributed by atoms with Crippen LogP contribution in [-0.4, -0.2) is 29.9 Å². The Kier molecular flexibility index (Phi) is 6.63. The average Bonchev–Trinajstić information content (AvgIpc) is 3.03. The first-order chi connectivity index (χ1) is 12.2. The van der Waals surface area contributed by atoms with Crippen molar-refractivity contribution in [1.82, 2.24) is 10.2 Å². The summed E-state index contributed by atoms with van der Waals surface area (Å²) in [7, 11) is 1.85. The molecule has 0 saturated carbocycles. The second kappa shape index (κ2) is 8.52. The molecule has 26 heavy (non-hydrogen) atoms. The highest BCUT2D eigenvalue weighted by Gasteiger charge is 2.30. The maximum atomic E-state index is 12.2. The Bertz CT molecular complexity index is 792. The van der Waals surface area contributed by atoms with Gasteiger partial charge in [-0.2, -0.15) is 5.26 Å². The Morgan fingerprint density at radius 3 is 2.54 bits per heavy atom. The molecule has 0 fully saturated rings. The van der Waals surface area contributed by atoms with Crippen molar-refractivity contribution >= 4 is 21.8 Å². The van der Waals surface area contributed by atoms with Crippen LogP contribution in [0.4, 0.5) is 0 Å². The van der Waals surface area contributed by atoms with Gasteiger partial charge < -0.3 is 9.73 Å².